The van der Waals surface area contributed by atoms with Gasteiger partial charge in [0.15, 0.2) is 0 Å². The van der Waals surface area contributed by atoms with E-state index in [1.54, 1.807) is 0 Å². The minimum Gasteiger partial charge on any atom is -0.396 e. The van der Waals surface area contributed by atoms with E-state index in [0.717, 1.165) is 6.42 Å². The molecular weight excluding hydrogens is 148 g/mol. The van der Waals surface area contributed by atoms with Gasteiger partial charge < -0.3 is 5.11 Å². The molecule has 0 unspecified atom stereocenters. The normalized spacial score (nSPS) is 10.3. The van der Waals surface area contributed by atoms with Gasteiger partial charge in [0, 0.05) is 6.61 Å². The standard InChI is InChI=1S/C11H16O/c1-8-4-5-9(2)11(6-7-12)10(8)3/h4-5,12H,6-7H2,1-3H3. The lowest BCUT2D eigenvalue weighted by Gasteiger charge is -2.10. The number of hydrogen-bond acceptors (Lipinski definition) is 1. The van der Waals surface area contributed by atoms with Crippen LogP contribution in [0, 0.1) is 20.8 Å². The molecular formula is C11H16O. The Labute approximate surface area is 74.1 Å². The zero-order chi connectivity index (χ0) is 9.14. The molecule has 0 amide bonds. The van der Waals surface area contributed by atoms with Gasteiger partial charge >= 0.3 is 0 Å². The van der Waals surface area contributed by atoms with Crippen LogP contribution in [0.1, 0.15) is 22.3 Å². The topological polar surface area (TPSA) is 20.2 Å². The monoisotopic (exact) mass is 164 g/mol. The van der Waals surface area contributed by atoms with Gasteiger partial charge in [0.25, 0.3) is 0 Å². The molecule has 0 aromatic heterocycles. The van der Waals surface area contributed by atoms with Crippen LogP contribution in [-0.4, -0.2) is 11.7 Å². The predicted molar refractivity (Wildman–Crippen MR) is 51.4 cm³/mol. The van der Waals surface area contributed by atoms with E-state index in [9.17, 15) is 0 Å². The molecule has 1 aromatic rings. The summed E-state index contributed by atoms with van der Waals surface area (Å²) >= 11 is 0. The molecule has 66 valence electrons. The molecule has 0 atom stereocenters. The van der Waals surface area contributed by atoms with Gasteiger partial charge in [0.05, 0.1) is 0 Å². The number of aliphatic hydroxyl groups is 1. The molecule has 1 aromatic carbocycles. The molecule has 0 aliphatic carbocycles. The Kier molecular flexibility index (Phi) is 2.88. The first kappa shape index (κ1) is 9.27. The second kappa shape index (κ2) is 3.72. The Bertz CT molecular complexity index is 277. The van der Waals surface area contributed by atoms with Gasteiger partial charge in [-0.3, -0.25) is 0 Å². The number of rotatable bonds is 2. The number of aryl methyl sites for hydroxylation is 2. The van der Waals surface area contributed by atoms with Crippen molar-refractivity contribution in [1.82, 2.24) is 0 Å². The Balaban J connectivity index is 3.14. The number of aliphatic hydroxyl groups excluding tert-OH is 1. The van der Waals surface area contributed by atoms with Crippen molar-refractivity contribution in [3.05, 3.63) is 34.4 Å². The first-order chi connectivity index (χ1) is 5.66. The highest BCUT2D eigenvalue weighted by molar-refractivity contribution is 5.39. The van der Waals surface area contributed by atoms with E-state index < -0.39 is 0 Å². The fraction of sp³-hybridized carbons (Fsp3) is 0.455. The summed E-state index contributed by atoms with van der Waals surface area (Å²) in [6.07, 6.45) is 0.777. The maximum Gasteiger partial charge on any atom is 0.0471 e. The van der Waals surface area contributed by atoms with Gasteiger partial charge in [-0.15, -0.1) is 0 Å². The summed E-state index contributed by atoms with van der Waals surface area (Å²) in [6.45, 7) is 6.56. The van der Waals surface area contributed by atoms with E-state index in [1.807, 2.05) is 0 Å². The fourth-order valence-corrected chi connectivity index (χ4v) is 1.51. The molecule has 1 heteroatoms. The lowest BCUT2D eigenvalue weighted by Crippen LogP contribution is -1.99. The molecule has 0 heterocycles. The van der Waals surface area contributed by atoms with E-state index in [4.69, 9.17) is 5.11 Å². The molecule has 12 heavy (non-hydrogen) atoms. The second-order valence-electron chi connectivity index (χ2n) is 3.28. The first-order valence-corrected chi connectivity index (χ1v) is 4.33. The Hall–Kier alpha value is -0.820. The molecule has 1 N–H and O–H groups in total. The van der Waals surface area contributed by atoms with Crippen LogP contribution < -0.4 is 0 Å². The lowest BCUT2D eigenvalue weighted by molar-refractivity contribution is 0.299. The molecule has 0 saturated carbocycles. The van der Waals surface area contributed by atoms with Crippen molar-refractivity contribution in [2.24, 2.45) is 0 Å². The highest BCUT2D eigenvalue weighted by Crippen LogP contribution is 2.17. The van der Waals surface area contributed by atoms with Crippen molar-refractivity contribution in [2.45, 2.75) is 27.2 Å². The molecule has 0 fully saturated rings. The maximum atomic E-state index is 8.86. The molecule has 0 radical (unpaired) electrons. The average molecular weight is 164 g/mol. The van der Waals surface area contributed by atoms with Crippen molar-refractivity contribution < 1.29 is 5.11 Å². The van der Waals surface area contributed by atoms with Crippen LogP contribution in [-0.2, 0) is 6.42 Å². The zero-order valence-corrected chi connectivity index (χ0v) is 8.02. The van der Waals surface area contributed by atoms with Crippen molar-refractivity contribution in [2.75, 3.05) is 6.61 Å². The third kappa shape index (κ3) is 1.67. The largest absolute Gasteiger partial charge is 0.396 e. The molecule has 0 saturated heterocycles. The van der Waals surface area contributed by atoms with Crippen molar-refractivity contribution >= 4 is 0 Å². The second-order valence-corrected chi connectivity index (χ2v) is 3.28. The lowest BCUT2D eigenvalue weighted by atomic mass is 9.96. The predicted octanol–water partition coefficient (Wildman–Crippen LogP) is 2.15. The van der Waals surface area contributed by atoms with Gasteiger partial charge in [-0.1, -0.05) is 12.1 Å². The van der Waals surface area contributed by atoms with Crippen LogP contribution in [0.5, 0.6) is 0 Å². The zero-order valence-electron chi connectivity index (χ0n) is 8.02. The third-order valence-electron chi connectivity index (χ3n) is 2.47. The Morgan fingerprint density at radius 1 is 1.08 bits per heavy atom. The summed E-state index contributed by atoms with van der Waals surface area (Å²) in [5.41, 5.74) is 5.22. The van der Waals surface area contributed by atoms with Crippen LogP contribution in [0.25, 0.3) is 0 Å². The van der Waals surface area contributed by atoms with E-state index in [1.165, 1.54) is 22.3 Å². The SMILES string of the molecule is Cc1ccc(C)c(CCO)c1C. The van der Waals surface area contributed by atoms with Crippen molar-refractivity contribution in [3.63, 3.8) is 0 Å². The quantitative estimate of drug-likeness (QED) is 0.710. The summed E-state index contributed by atoms with van der Waals surface area (Å²) in [5, 5.41) is 8.86. The van der Waals surface area contributed by atoms with E-state index in [2.05, 4.69) is 32.9 Å². The first-order valence-electron chi connectivity index (χ1n) is 4.33. The minimum absolute atomic E-state index is 0.241. The molecule has 0 aliphatic rings. The molecule has 0 spiro atoms. The van der Waals surface area contributed by atoms with Gasteiger partial charge in [0.2, 0.25) is 0 Å². The number of benzene rings is 1. The summed E-state index contributed by atoms with van der Waals surface area (Å²) in [6, 6.07) is 4.25. The average Bonchev–Trinajstić information content (AvgIpc) is 2.06. The van der Waals surface area contributed by atoms with Gasteiger partial charge in [-0.25, -0.2) is 0 Å². The highest BCUT2D eigenvalue weighted by atomic mass is 16.2. The summed E-state index contributed by atoms with van der Waals surface area (Å²) in [7, 11) is 0. The van der Waals surface area contributed by atoms with Gasteiger partial charge in [-0.2, -0.15) is 0 Å². The molecule has 0 bridgehead atoms. The summed E-state index contributed by atoms with van der Waals surface area (Å²) in [5.74, 6) is 0. The van der Waals surface area contributed by atoms with Crippen molar-refractivity contribution in [3.8, 4) is 0 Å². The maximum absolute atomic E-state index is 8.86. The third-order valence-corrected chi connectivity index (χ3v) is 2.47. The van der Waals surface area contributed by atoms with Crippen LogP contribution in [0.3, 0.4) is 0 Å². The Morgan fingerprint density at radius 3 is 2.25 bits per heavy atom. The molecule has 1 rings (SSSR count). The van der Waals surface area contributed by atoms with E-state index >= 15 is 0 Å². The summed E-state index contributed by atoms with van der Waals surface area (Å²) < 4.78 is 0. The smallest absolute Gasteiger partial charge is 0.0471 e. The van der Waals surface area contributed by atoms with E-state index in [-0.39, 0.29) is 6.61 Å². The van der Waals surface area contributed by atoms with Gasteiger partial charge in [0.1, 0.15) is 0 Å². The van der Waals surface area contributed by atoms with Gasteiger partial charge in [-0.05, 0) is 49.4 Å². The van der Waals surface area contributed by atoms with E-state index in [0.29, 0.717) is 0 Å². The minimum atomic E-state index is 0.241. The van der Waals surface area contributed by atoms with Crippen LogP contribution in [0.4, 0.5) is 0 Å². The summed E-state index contributed by atoms with van der Waals surface area (Å²) in [4.78, 5) is 0. The fourth-order valence-electron chi connectivity index (χ4n) is 1.51. The Morgan fingerprint density at radius 2 is 1.67 bits per heavy atom. The highest BCUT2D eigenvalue weighted by Gasteiger charge is 2.03. The van der Waals surface area contributed by atoms with Crippen LogP contribution in [0.15, 0.2) is 12.1 Å². The van der Waals surface area contributed by atoms with Crippen LogP contribution in [0.2, 0.25) is 0 Å². The molecule has 0 aliphatic heterocycles. The van der Waals surface area contributed by atoms with Crippen LogP contribution >= 0.6 is 0 Å². The molecule has 1 nitrogen and oxygen atoms in total. The van der Waals surface area contributed by atoms with Crippen molar-refractivity contribution in [1.29, 1.82) is 0 Å². The number of hydrogen-bond donors (Lipinski definition) is 1.